The van der Waals surface area contributed by atoms with Gasteiger partial charge in [-0.15, -0.1) is 5.10 Å². The molecule has 2 aromatic rings. The van der Waals surface area contributed by atoms with Gasteiger partial charge in [0.1, 0.15) is 6.61 Å². The number of amides is 1. The van der Waals surface area contributed by atoms with Crippen LogP contribution < -0.4 is 5.32 Å². The lowest BCUT2D eigenvalue weighted by atomic mass is 10.1. The number of rotatable bonds is 5. The Labute approximate surface area is 129 Å². The zero-order valence-corrected chi connectivity index (χ0v) is 13.1. The molecule has 0 saturated heterocycles. The summed E-state index contributed by atoms with van der Waals surface area (Å²) in [6.45, 7) is 4.22. The standard InChI is InChI=1S/C16H22N4O2/c1-11(2)14-15(19-20-9-5-8-17-16(14)20)18-13(21)10-22-12-6-3-4-7-12/h5,8-9,11-12H,3-4,6-7,10H2,1-2H3,(H,18,19,21). The van der Waals surface area contributed by atoms with Crippen LogP contribution in [0.25, 0.3) is 5.65 Å². The number of hydrogen-bond acceptors (Lipinski definition) is 4. The number of fused-ring (bicyclic) bond motifs is 1. The molecule has 1 fully saturated rings. The van der Waals surface area contributed by atoms with Gasteiger partial charge in [-0.05, 0) is 24.8 Å². The summed E-state index contributed by atoms with van der Waals surface area (Å²) in [5, 5.41) is 7.29. The third-order valence-electron chi connectivity index (χ3n) is 4.02. The average molecular weight is 302 g/mol. The van der Waals surface area contributed by atoms with Crippen molar-refractivity contribution in [3.05, 3.63) is 24.0 Å². The van der Waals surface area contributed by atoms with Crippen LogP contribution in [0.4, 0.5) is 5.82 Å². The summed E-state index contributed by atoms with van der Waals surface area (Å²) < 4.78 is 7.35. The summed E-state index contributed by atoms with van der Waals surface area (Å²) >= 11 is 0. The van der Waals surface area contributed by atoms with E-state index in [1.54, 1.807) is 10.7 Å². The minimum atomic E-state index is -0.155. The Balaban J connectivity index is 1.72. The van der Waals surface area contributed by atoms with Gasteiger partial charge in [0.2, 0.25) is 0 Å². The average Bonchev–Trinajstić information content (AvgIpc) is 3.11. The largest absolute Gasteiger partial charge is 0.368 e. The summed E-state index contributed by atoms with van der Waals surface area (Å²) in [7, 11) is 0. The highest BCUT2D eigenvalue weighted by Gasteiger charge is 2.20. The summed E-state index contributed by atoms with van der Waals surface area (Å²) in [6, 6.07) is 1.82. The van der Waals surface area contributed by atoms with Crippen LogP contribution in [-0.4, -0.2) is 33.2 Å². The Kier molecular flexibility index (Phi) is 4.38. The molecule has 1 N–H and O–H groups in total. The first kappa shape index (κ1) is 15.0. The molecule has 0 aliphatic heterocycles. The van der Waals surface area contributed by atoms with E-state index in [9.17, 15) is 4.79 Å². The molecular weight excluding hydrogens is 280 g/mol. The van der Waals surface area contributed by atoms with Crippen molar-refractivity contribution in [2.24, 2.45) is 0 Å². The Bertz CT molecular complexity index is 659. The van der Waals surface area contributed by atoms with Crippen molar-refractivity contribution in [2.75, 3.05) is 11.9 Å². The molecule has 22 heavy (non-hydrogen) atoms. The minimum absolute atomic E-state index is 0.0868. The Morgan fingerprint density at radius 3 is 2.95 bits per heavy atom. The first-order valence-electron chi connectivity index (χ1n) is 7.90. The van der Waals surface area contributed by atoms with Gasteiger partial charge in [0.15, 0.2) is 11.5 Å². The van der Waals surface area contributed by atoms with E-state index < -0.39 is 0 Å². The molecule has 118 valence electrons. The van der Waals surface area contributed by atoms with Crippen LogP contribution in [0.1, 0.15) is 51.0 Å². The van der Waals surface area contributed by atoms with Gasteiger partial charge < -0.3 is 10.1 Å². The van der Waals surface area contributed by atoms with Crippen molar-refractivity contribution in [3.8, 4) is 0 Å². The van der Waals surface area contributed by atoms with Gasteiger partial charge in [-0.3, -0.25) is 4.79 Å². The third-order valence-corrected chi connectivity index (χ3v) is 4.02. The van der Waals surface area contributed by atoms with E-state index >= 15 is 0 Å². The van der Waals surface area contributed by atoms with E-state index in [2.05, 4.69) is 29.2 Å². The second kappa shape index (κ2) is 6.44. The molecule has 2 aromatic heterocycles. The lowest BCUT2D eigenvalue weighted by molar-refractivity contribution is -0.122. The summed E-state index contributed by atoms with van der Waals surface area (Å²) in [6.07, 6.45) is 8.31. The van der Waals surface area contributed by atoms with Crippen LogP contribution in [0.3, 0.4) is 0 Å². The third kappa shape index (κ3) is 3.11. The van der Waals surface area contributed by atoms with Gasteiger partial charge in [-0.2, -0.15) is 0 Å². The number of ether oxygens (including phenoxy) is 1. The van der Waals surface area contributed by atoms with Gasteiger partial charge >= 0.3 is 0 Å². The van der Waals surface area contributed by atoms with Crippen LogP contribution in [-0.2, 0) is 9.53 Å². The van der Waals surface area contributed by atoms with E-state index in [1.807, 2.05) is 12.3 Å². The van der Waals surface area contributed by atoms with Crippen molar-refractivity contribution in [2.45, 2.75) is 51.6 Å². The molecule has 6 nitrogen and oxygen atoms in total. The molecule has 3 rings (SSSR count). The van der Waals surface area contributed by atoms with Crippen LogP contribution in [0.2, 0.25) is 0 Å². The number of nitrogens with one attached hydrogen (secondary N) is 1. The Morgan fingerprint density at radius 1 is 1.45 bits per heavy atom. The van der Waals surface area contributed by atoms with Crippen LogP contribution >= 0.6 is 0 Å². The molecule has 1 saturated carbocycles. The first-order chi connectivity index (χ1) is 10.6. The summed E-state index contributed by atoms with van der Waals surface area (Å²) in [5.74, 6) is 0.643. The molecule has 6 heteroatoms. The van der Waals surface area contributed by atoms with Crippen LogP contribution in [0, 0.1) is 0 Å². The quantitative estimate of drug-likeness (QED) is 0.922. The Morgan fingerprint density at radius 2 is 2.23 bits per heavy atom. The topological polar surface area (TPSA) is 68.5 Å². The monoisotopic (exact) mass is 302 g/mol. The second-order valence-electron chi connectivity index (χ2n) is 6.07. The number of anilines is 1. The summed E-state index contributed by atoms with van der Waals surface area (Å²) in [4.78, 5) is 16.5. The summed E-state index contributed by atoms with van der Waals surface area (Å²) in [5.41, 5.74) is 1.74. The predicted octanol–water partition coefficient (Wildman–Crippen LogP) is 2.75. The maximum Gasteiger partial charge on any atom is 0.251 e. The molecule has 0 unspecified atom stereocenters. The van der Waals surface area contributed by atoms with Crippen LogP contribution in [0.5, 0.6) is 0 Å². The highest BCUT2D eigenvalue weighted by Crippen LogP contribution is 2.27. The van der Waals surface area contributed by atoms with Crippen molar-refractivity contribution in [3.63, 3.8) is 0 Å². The maximum absolute atomic E-state index is 12.1. The van der Waals surface area contributed by atoms with E-state index in [0.717, 1.165) is 24.1 Å². The fraction of sp³-hybridized carbons (Fsp3) is 0.562. The fourth-order valence-corrected chi connectivity index (χ4v) is 2.95. The van der Waals surface area contributed by atoms with E-state index in [4.69, 9.17) is 4.74 Å². The lowest BCUT2D eigenvalue weighted by Gasteiger charge is -2.11. The minimum Gasteiger partial charge on any atom is -0.368 e. The molecule has 1 aliphatic rings. The molecule has 0 bridgehead atoms. The highest BCUT2D eigenvalue weighted by molar-refractivity contribution is 5.92. The number of carbonyl (C=O) groups excluding carboxylic acids is 1. The molecule has 0 aromatic carbocycles. The number of aromatic nitrogens is 3. The van der Waals surface area contributed by atoms with Crippen molar-refractivity contribution in [1.29, 1.82) is 0 Å². The molecule has 1 aliphatic carbocycles. The van der Waals surface area contributed by atoms with Gasteiger partial charge in [0.05, 0.1) is 6.10 Å². The number of hydrogen-bond donors (Lipinski definition) is 1. The van der Waals surface area contributed by atoms with Gasteiger partial charge in [-0.1, -0.05) is 26.7 Å². The predicted molar refractivity (Wildman–Crippen MR) is 83.9 cm³/mol. The normalized spacial score (nSPS) is 15.8. The van der Waals surface area contributed by atoms with E-state index in [-0.39, 0.29) is 24.5 Å². The first-order valence-corrected chi connectivity index (χ1v) is 7.90. The van der Waals surface area contributed by atoms with Crippen molar-refractivity contribution in [1.82, 2.24) is 14.6 Å². The second-order valence-corrected chi connectivity index (χ2v) is 6.07. The maximum atomic E-state index is 12.1. The van der Waals surface area contributed by atoms with Crippen molar-refractivity contribution >= 4 is 17.4 Å². The zero-order valence-electron chi connectivity index (χ0n) is 13.1. The zero-order chi connectivity index (χ0) is 15.5. The molecular formula is C16H22N4O2. The van der Waals surface area contributed by atoms with Gasteiger partial charge in [-0.25, -0.2) is 9.50 Å². The van der Waals surface area contributed by atoms with E-state index in [1.165, 1.54) is 12.8 Å². The fourth-order valence-electron chi connectivity index (χ4n) is 2.95. The molecule has 0 spiro atoms. The van der Waals surface area contributed by atoms with Gasteiger partial charge in [0.25, 0.3) is 5.91 Å². The molecule has 2 heterocycles. The lowest BCUT2D eigenvalue weighted by Crippen LogP contribution is -2.22. The van der Waals surface area contributed by atoms with Crippen molar-refractivity contribution < 1.29 is 9.53 Å². The van der Waals surface area contributed by atoms with Gasteiger partial charge in [0, 0.05) is 18.0 Å². The molecule has 0 atom stereocenters. The smallest absolute Gasteiger partial charge is 0.251 e. The molecule has 0 radical (unpaired) electrons. The molecule has 1 amide bonds. The number of nitrogens with zero attached hydrogens (tertiary/aromatic N) is 3. The van der Waals surface area contributed by atoms with Crippen LogP contribution in [0.15, 0.2) is 18.5 Å². The Hall–Kier alpha value is -1.95. The SMILES string of the molecule is CC(C)c1c(NC(=O)COC2CCCC2)nn2cccnc12. The highest BCUT2D eigenvalue weighted by atomic mass is 16.5. The van der Waals surface area contributed by atoms with E-state index in [0.29, 0.717) is 5.82 Å². The number of carbonyl (C=O) groups is 1.